The Balaban J connectivity index is 1.99. The molecule has 0 radical (unpaired) electrons. The maximum atomic E-state index is 11.0. The lowest BCUT2D eigenvalue weighted by Gasteiger charge is -2.01. The Morgan fingerprint density at radius 2 is 1.96 bits per heavy atom. The molecule has 27 heavy (non-hydrogen) atoms. The van der Waals surface area contributed by atoms with Gasteiger partial charge in [-0.15, -0.1) is 0 Å². The van der Waals surface area contributed by atoms with E-state index in [2.05, 4.69) is 6.07 Å². The van der Waals surface area contributed by atoms with Gasteiger partial charge >= 0.3 is 0 Å². The van der Waals surface area contributed by atoms with Crippen LogP contribution in [-0.4, -0.2) is 4.92 Å². The summed E-state index contributed by atoms with van der Waals surface area (Å²) in [6, 6.07) is 18.1. The fourth-order valence-electron chi connectivity index (χ4n) is 2.47. The predicted molar refractivity (Wildman–Crippen MR) is 100 cm³/mol. The second-order valence-electron chi connectivity index (χ2n) is 5.49. The number of nitro benzene ring substituents is 1. The minimum atomic E-state index is -0.514. The molecule has 6 nitrogen and oxygen atoms in total. The summed E-state index contributed by atoms with van der Waals surface area (Å²) < 4.78 is 5.70. The monoisotopic (exact) mass is 375 g/mol. The third kappa shape index (κ3) is 3.87. The summed E-state index contributed by atoms with van der Waals surface area (Å²) in [4.78, 5) is 10.4. The third-order valence-corrected chi connectivity index (χ3v) is 4.09. The molecule has 0 N–H and O–H groups in total. The molecule has 0 spiro atoms. The Bertz CT molecular complexity index is 1150. The number of nitriles is 2. The zero-order chi connectivity index (χ0) is 19.4. The molecule has 7 heteroatoms. The second kappa shape index (κ2) is 7.57. The van der Waals surface area contributed by atoms with Crippen LogP contribution >= 0.6 is 11.6 Å². The summed E-state index contributed by atoms with van der Waals surface area (Å²) in [5.41, 5.74) is 1.63. The van der Waals surface area contributed by atoms with Crippen LogP contribution in [0.4, 0.5) is 5.69 Å². The maximum absolute atomic E-state index is 11.0. The predicted octanol–water partition coefficient (Wildman–Crippen LogP) is 5.44. The second-order valence-corrected chi connectivity index (χ2v) is 5.89. The molecule has 1 heterocycles. The number of halogens is 1. The number of hydrogen-bond acceptors (Lipinski definition) is 5. The Labute approximate surface area is 159 Å². The standard InChI is InChI=1S/C20H10ClN3O3/c21-19-6-4-16(24(25)26)10-18(19)20-7-5-17(27-20)9-15(12-23)14-3-1-2-13(8-14)11-22/h1-10H/b15-9-. The molecular formula is C20H10ClN3O3. The minimum Gasteiger partial charge on any atom is -0.457 e. The Kier molecular flexibility index (Phi) is 5.03. The van der Waals surface area contributed by atoms with Gasteiger partial charge in [0.05, 0.1) is 33.2 Å². The van der Waals surface area contributed by atoms with Crippen molar-refractivity contribution in [1.82, 2.24) is 0 Å². The lowest BCUT2D eigenvalue weighted by molar-refractivity contribution is -0.384. The van der Waals surface area contributed by atoms with Crippen molar-refractivity contribution >= 4 is 28.9 Å². The Morgan fingerprint density at radius 3 is 2.67 bits per heavy atom. The first kappa shape index (κ1) is 17.9. The molecule has 0 saturated heterocycles. The van der Waals surface area contributed by atoms with Crippen molar-refractivity contribution in [3.8, 4) is 23.5 Å². The van der Waals surface area contributed by atoms with E-state index in [1.54, 1.807) is 36.4 Å². The lowest BCUT2D eigenvalue weighted by atomic mass is 10.0. The van der Waals surface area contributed by atoms with Gasteiger partial charge in [0, 0.05) is 17.7 Å². The van der Waals surface area contributed by atoms with E-state index in [1.165, 1.54) is 24.3 Å². The van der Waals surface area contributed by atoms with E-state index in [0.717, 1.165) is 0 Å². The van der Waals surface area contributed by atoms with E-state index in [9.17, 15) is 15.4 Å². The number of nitrogens with zero attached hydrogens (tertiary/aromatic N) is 3. The number of benzene rings is 2. The summed E-state index contributed by atoms with van der Waals surface area (Å²) in [7, 11) is 0. The van der Waals surface area contributed by atoms with Gasteiger partial charge in [-0.2, -0.15) is 10.5 Å². The third-order valence-electron chi connectivity index (χ3n) is 3.76. The van der Waals surface area contributed by atoms with Crippen molar-refractivity contribution in [2.75, 3.05) is 0 Å². The van der Waals surface area contributed by atoms with Crippen LogP contribution < -0.4 is 0 Å². The van der Waals surface area contributed by atoms with Gasteiger partial charge in [-0.1, -0.05) is 23.7 Å². The molecule has 0 aliphatic carbocycles. The van der Waals surface area contributed by atoms with Gasteiger partial charge in [-0.05, 0) is 42.0 Å². The highest BCUT2D eigenvalue weighted by atomic mass is 35.5. The van der Waals surface area contributed by atoms with Crippen molar-refractivity contribution in [3.05, 3.63) is 86.6 Å². The van der Waals surface area contributed by atoms with Gasteiger partial charge in [-0.3, -0.25) is 10.1 Å². The molecule has 2 aromatic carbocycles. The number of hydrogen-bond donors (Lipinski definition) is 0. The summed E-state index contributed by atoms with van der Waals surface area (Å²) >= 11 is 6.13. The smallest absolute Gasteiger partial charge is 0.270 e. The number of allylic oxidation sites excluding steroid dienone is 1. The zero-order valence-corrected chi connectivity index (χ0v) is 14.5. The number of furan rings is 1. The molecule has 0 amide bonds. The summed E-state index contributed by atoms with van der Waals surface area (Å²) in [6.45, 7) is 0. The number of nitro groups is 1. The van der Waals surface area contributed by atoms with Gasteiger partial charge in [0.15, 0.2) is 0 Å². The molecule has 3 aromatic rings. The normalized spacial score (nSPS) is 10.9. The van der Waals surface area contributed by atoms with Crippen molar-refractivity contribution < 1.29 is 9.34 Å². The van der Waals surface area contributed by atoms with Crippen molar-refractivity contribution in [2.45, 2.75) is 0 Å². The van der Waals surface area contributed by atoms with Crippen LogP contribution in [0.5, 0.6) is 0 Å². The van der Waals surface area contributed by atoms with E-state index in [1.807, 2.05) is 6.07 Å². The largest absolute Gasteiger partial charge is 0.457 e. The Morgan fingerprint density at radius 1 is 1.15 bits per heavy atom. The van der Waals surface area contributed by atoms with Crippen LogP contribution in [0.25, 0.3) is 23.0 Å². The SMILES string of the molecule is N#C/C(=C/c1ccc(-c2cc([N+](=O)[O-])ccc2Cl)o1)c1cccc(C#N)c1. The van der Waals surface area contributed by atoms with Gasteiger partial charge in [0.1, 0.15) is 11.5 Å². The minimum absolute atomic E-state index is 0.103. The molecule has 0 bridgehead atoms. The van der Waals surface area contributed by atoms with Crippen LogP contribution in [0.1, 0.15) is 16.9 Å². The molecule has 0 atom stereocenters. The maximum Gasteiger partial charge on any atom is 0.270 e. The van der Waals surface area contributed by atoms with E-state index < -0.39 is 4.92 Å². The fraction of sp³-hybridized carbons (Fsp3) is 0. The summed E-state index contributed by atoms with van der Waals surface area (Å²) in [5, 5.41) is 29.7. The van der Waals surface area contributed by atoms with E-state index in [0.29, 0.717) is 38.8 Å². The average molecular weight is 376 g/mol. The summed E-state index contributed by atoms with van der Waals surface area (Å²) in [5.74, 6) is 0.726. The van der Waals surface area contributed by atoms with Gasteiger partial charge in [0.25, 0.3) is 5.69 Å². The van der Waals surface area contributed by atoms with Gasteiger partial charge < -0.3 is 4.42 Å². The quantitative estimate of drug-likeness (QED) is 0.343. The Hall–Kier alpha value is -3.87. The highest BCUT2D eigenvalue weighted by molar-refractivity contribution is 6.33. The lowest BCUT2D eigenvalue weighted by Crippen LogP contribution is -1.88. The van der Waals surface area contributed by atoms with Gasteiger partial charge in [-0.25, -0.2) is 0 Å². The van der Waals surface area contributed by atoms with Crippen molar-refractivity contribution in [1.29, 1.82) is 10.5 Å². The van der Waals surface area contributed by atoms with Crippen LogP contribution in [0, 0.1) is 32.8 Å². The first-order chi connectivity index (χ1) is 13.0. The first-order valence-electron chi connectivity index (χ1n) is 7.68. The highest BCUT2D eigenvalue weighted by Crippen LogP contribution is 2.33. The molecular weight excluding hydrogens is 366 g/mol. The molecule has 130 valence electrons. The van der Waals surface area contributed by atoms with E-state index >= 15 is 0 Å². The molecule has 3 rings (SSSR count). The van der Waals surface area contributed by atoms with Crippen LogP contribution in [0.2, 0.25) is 5.02 Å². The molecule has 1 aromatic heterocycles. The van der Waals surface area contributed by atoms with Crippen molar-refractivity contribution in [3.63, 3.8) is 0 Å². The molecule has 0 aliphatic rings. The van der Waals surface area contributed by atoms with Crippen LogP contribution in [0.15, 0.2) is 59.0 Å². The van der Waals surface area contributed by atoms with Crippen molar-refractivity contribution in [2.24, 2.45) is 0 Å². The van der Waals surface area contributed by atoms with Crippen LogP contribution in [0.3, 0.4) is 0 Å². The van der Waals surface area contributed by atoms with E-state index in [-0.39, 0.29) is 5.69 Å². The number of non-ortho nitro benzene ring substituents is 1. The van der Waals surface area contributed by atoms with Gasteiger partial charge in [0.2, 0.25) is 0 Å². The first-order valence-corrected chi connectivity index (χ1v) is 8.06. The molecule has 0 unspecified atom stereocenters. The molecule has 0 fully saturated rings. The van der Waals surface area contributed by atoms with Crippen LogP contribution in [-0.2, 0) is 0 Å². The number of rotatable bonds is 4. The zero-order valence-electron chi connectivity index (χ0n) is 13.7. The topological polar surface area (TPSA) is 104 Å². The van der Waals surface area contributed by atoms with E-state index in [4.69, 9.17) is 21.3 Å². The molecule has 0 aliphatic heterocycles. The highest BCUT2D eigenvalue weighted by Gasteiger charge is 2.14. The summed E-state index contributed by atoms with van der Waals surface area (Å²) in [6.07, 6.45) is 1.53. The fourth-order valence-corrected chi connectivity index (χ4v) is 2.68. The molecule has 0 saturated carbocycles. The average Bonchev–Trinajstić information content (AvgIpc) is 3.14.